The third-order valence-corrected chi connectivity index (χ3v) is 5.60. The summed E-state index contributed by atoms with van der Waals surface area (Å²) in [5.74, 6) is 0.726. The fourth-order valence-electron chi connectivity index (χ4n) is 2.27. The van der Waals surface area contributed by atoms with Crippen molar-refractivity contribution in [2.75, 3.05) is 25.3 Å². The van der Waals surface area contributed by atoms with Crippen LogP contribution in [0, 0.1) is 17.2 Å². The predicted octanol–water partition coefficient (Wildman–Crippen LogP) is 3.77. The summed E-state index contributed by atoms with van der Waals surface area (Å²) in [6, 6.07) is 4.92. The smallest absolute Gasteiger partial charge is 0.308 e. The average molecular weight is 463 g/mol. The molecule has 0 fully saturated rings. The first-order chi connectivity index (χ1) is 14.8. The maximum Gasteiger partial charge on any atom is 0.308 e. The molecule has 0 bridgehead atoms. The number of thioether (sulfide) groups is 1. The van der Waals surface area contributed by atoms with Gasteiger partial charge in [-0.05, 0) is 29.7 Å². The van der Waals surface area contributed by atoms with Gasteiger partial charge in [0.05, 0.1) is 14.2 Å². The summed E-state index contributed by atoms with van der Waals surface area (Å²) in [6.07, 6.45) is 1.37. The molecule has 11 heteroatoms. The summed E-state index contributed by atoms with van der Waals surface area (Å²) < 4.78 is 19.8. The molecule has 0 radical (unpaired) electrons. The lowest BCUT2D eigenvalue weighted by molar-refractivity contribution is -0.132. The van der Waals surface area contributed by atoms with E-state index in [0.717, 1.165) is 17.3 Å². The molecule has 2 rings (SSSR count). The highest BCUT2D eigenvalue weighted by Gasteiger charge is 2.18. The van der Waals surface area contributed by atoms with Crippen LogP contribution in [-0.4, -0.2) is 41.2 Å². The topological polar surface area (TPSA) is 123 Å². The van der Waals surface area contributed by atoms with Crippen LogP contribution >= 0.6 is 23.3 Å². The van der Waals surface area contributed by atoms with Crippen LogP contribution < -0.4 is 19.5 Å². The molecule has 1 heterocycles. The van der Waals surface area contributed by atoms with Crippen molar-refractivity contribution in [3.8, 4) is 23.3 Å². The lowest BCUT2D eigenvalue weighted by Gasteiger charge is -2.13. The van der Waals surface area contributed by atoms with E-state index in [0.29, 0.717) is 21.8 Å². The summed E-state index contributed by atoms with van der Waals surface area (Å²) in [4.78, 5) is 28.1. The number of anilines is 1. The van der Waals surface area contributed by atoms with Crippen molar-refractivity contribution in [2.24, 2.45) is 5.92 Å². The largest absolute Gasteiger partial charge is 0.493 e. The molecule has 0 aliphatic carbocycles. The minimum Gasteiger partial charge on any atom is -0.493 e. The Kier molecular flexibility index (Phi) is 8.84. The van der Waals surface area contributed by atoms with Crippen molar-refractivity contribution < 1.29 is 23.8 Å². The monoisotopic (exact) mass is 462 g/mol. The van der Waals surface area contributed by atoms with Crippen LogP contribution in [0.5, 0.6) is 17.2 Å². The van der Waals surface area contributed by atoms with Crippen LogP contribution in [0.2, 0.25) is 0 Å². The number of rotatable bonds is 9. The van der Waals surface area contributed by atoms with Gasteiger partial charge in [-0.3, -0.25) is 14.9 Å². The van der Waals surface area contributed by atoms with Gasteiger partial charge >= 0.3 is 5.97 Å². The number of aromatic nitrogens is 2. The van der Waals surface area contributed by atoms with Crippen LogP contribution in [0.15, 0.2) is 22.9 Å². The number of carbonyl (C=O) groups is 2. The Morgan fingerprint density at radius 1 is 1.29 bits per heavy atom. The zero-order valence-corrected chi connectivity index (χ0v) is 19.3. The minimum atomic E-state index is -0.624. The molecular weight excluding hydrogens is 440 g/mol. The summed E-state index contributed by atoms with van der Waals surface area (Å²) in [7, 11) is 2.80. The van der Waals surface area contributed by atoms with Crippen molar-refractivity contribution >= 4 is 46.4 Å². The van der Waals surface area contributed by atoms with Crippen molar-refractivity contribution in [1.82, 2.24) is 9.36 Å². The first-order valence-electron chi connectivity index (χ1n) is 9.11. The molecular formula is C20H22N4O5S2. The van der Waals surface area contributed by atoms with Gasteiger partial charge in [0.25, 0.3) is 5.91 Å². The van der Waals surface area contributed by atoms with E-state index in [9.17, 15) is 14.9 Å². The Hall–Kier alpha value is -3.10. The van der Waals surface area contributed by atoms with Crippen LogP contribution in [0.1, 0.15) is 26.3 Å². The highest BCUT2D eigenvalue weighted by atomic mass is 32.2. The molecule has 0 saturated carbocycles. The number of hydrogen-bond acceptors (Lipinski definition) is 10. The second-order valence-corrected chi connectivity index (χ2v) is 8.30. The van der Waals surface area contributed by atoms with Crippen molar-refractivity contribution in [3.05, 3.63) is 23.3 Å². The summed E-state index contributed by atoms with van der Waals surface area (Å²) in [5.41, 5.74) is 0.290. The van der Waals surface area contributed by atoms with Gasteiger partial charge in [-0.15, -0.1) is 0 Å². The number of hydrogen-bond donors (Lipinski definition) is 1. The van der Waals surface area contributed by atoms with Crippen LogP contribution in [0.4, 0.5) is 5.13 Å². The van der Waals surface area contributed by atoms with Gasteiger partial charge in [-0.2, -0.15) is 14.6 Å². The van der Waals surface area contributed by atoms with Gasteiger partial charge in [-0.1, -0.05) is 25.6 Å². The van der Waals surface area contributed by atoms with Gasteiger partial charge in [0.2, 0.25) is 16.0 Å². The average Bonchev–Trinajstić information content (AvgIpc) is 3.17. The maximum absolute atomic E-state index is 12.5. The number of ether oxygens (including phenoxy) is 3. The lowest BCUT2D eigenvalue weighted by atomic mass is 10.1. The second-order valence-electron chi connectivity index (χ2n) is 6.56. The van der Waals surface area contributed by atoms with Gasteiger partial charge in [0.1, 0.15) is 11.6 Å². The van der Waals surface area contributed by atoms with E-state index in [1.165, 1.54) is 51.1 Å². The molecule has 1 aromatic carbocycles. The van der Waals surface area contributed by atoms with Crippen LogP contribution in [0.25, 0.3) is 6.08 Å². The highest BCUT2D eigenvalue weighted by molar-refractivity contribution is 7.99. The fraction of sp³-hybridized carbons (Fsp3) is 0.350. The Balaban J connectivity index is 2.25. The molecule has 31 heavy (non-hydrogen) atoms. The first-order valence-corrected chi connectivity index (χ1v) is 10.9. The van der Waals surface area contributed by atoms with Gasteiger partial charge in [0, 0.05) is 24.2 Å². The summed E-state index contributed by atoms with van der Waals surface area (Å²) in [5, 5.41) is 12.9. The van der Waals surface area contributed by atoms with Crippen LogP contribution in [-0.2, 0) is 9.59 Å². The maximum atomic E-state index is 12.5. The zero-order valence-electron chi connectivity index (χ0n) is 17.7. The Bertz CT molecular complexity index is 1000. The van der Waals surface area contributed by atoms with E-state index in [4.69, 9.17) is 14.2 Å². The van der Waals surface area contributed by atoms with Gasteiger partial charge < -0.3 is 14.2 Å². The predicted molar refractivity (Wildman–Crippen MR) is 119 cm³/mol. The van der Waals surface area contributed by atoms with E-state index in [1.54, 1.807) is 0 Å². The van der Waals surface area contributed by atoms with Gasteiger partial charge in [0.15, 0.2) is 11.5 Å². The fourth-order valence-corrected chi connectivity index (χ4v) is 3.76. The molecule has 1 N–H and O–H groups in total. The molecule has 164 valence electrons. The zero-order chi connectivity index (χ0) is 23.0. The van der Waals surface area contributed by atoms with Crippen molar-refractivity contribution in [3.63, 3.8) is 0 Å². The molecule has 0 unspecified atom stereocenters. The molecule has 0 aliphatic rings. The molecule has 9 nitrogen and oxygen atoms in total. The highest BCUT2D eigenvalue weighted by Crippen LogP contribution is 2.39. The van der Waals surface area contributed by atoms with E-state index in [1.807, 2.05) is 6.07 Å². The standard InChI is InChI=1S/C20H22N4O5S2/c1-11(2)10-30-20-23-19(31-24-20)22-18(26)14(9-21)6-13-7-15(27-4)17(29-12(3)25)16(8-13)28-5/h6-8,11H,10H2,1-5H3,(H,22,23,24,26)/b14-6-. The van der Waals surface area contributed by atoms with E-state index < -0.39 is 11.9 Å². The van der Waals surface area contributed by atoms with Crippen molar-refractivity contribution in [1.29, 1.82) is 5.26 Å². The van der Waals surface area contributed by atoms with E-state index >= 15 is 0 Å². The molecule has 0 aliphatic heterocycles. The number of nitrogens with one attached hydrogen (secondary N) is 1. The lowest BCUT2D eigenvalue weighted by Crippen LogP contribution is -2.13. The summed E-state index contributed by atoms with van der Waals surface area (Å²) >= 11 is 2.54. The Labute approximate surface area is 188 Å². The number of benzene rings is 1. The van der Waals surface area contributed by atoms with E-state index in [2.05, 4.69) is 28.5 Å². The van der Waals surface area contributed by atoms with E-state index in [-0.39, 0.29) is 22.8 Å². The number of nitriles is 1. The normalized spacial score (nSPS) is 11.1. The number of amides is 1. The third-order valence-electron chi connectivity index (χ3n) is 3.58. The quantitative estimate of drug-likeness (QED) is 0.195. The summed E-state index contributed by atoms with van der Waals surface area (Å²) in [6.45, 7) is 5.44. The Morgan fingerprint density at radius 2 is 1.94 bits per heavy atom. The molecule has 1 amide bonds. The van der Waals surface area contributed by atoms with Crippen LogP contribution in [0.3, 0.4) is 0 Å². The SMILES string of the molecule is COc1cc(/C=C(/C#N)C(=O)Nc2nc(SCC(C)C)ns2)cc(OC)c1OC(C)=O. The molecule has 1 aromatic heterocycles. The van der Waals surface area contributed by atoms with Gasteiger partial charge in [-0.25, -0.2) is 0 Å². The minimum absolute atomic E-state index is 0.109. The number of esters is 1. The number of carbonyl (C=O) groups excluding carboxylic acids is 2. The molecule has 0 saturated heterocycles. The second kappa shape index (κ2) is 11.3. The molecule has 0 atom stereocenters. The Morgan fingerprint density at radius 3 is 2.45 bits per heavy atom. The number of methoxy groups -OCH3 is 2. The first kappa shape index (κ1) is 24.2. The van der Waals surface area contributed by atoms with Crippen molar-refractivity contribution in [2.45, 2.75) is 25.9 Å². The number of nitrogens with zero attached hydrogens (tertiary/aromatic N) is 3. The molecule has 2 aromatic rings. The molecule has 0 spiro atoms. The third kappa shape index (κ3) is 6.97.